The van der Waals surface area contributed by atoms with Crippen LogP contribution < -0.4 is 5.32 Å². The summed E-state index contributed by atoms with van der Waals surface area (Å²) in [6.07, 6.45) is 7.06. The van der Waals surface area contributed by atoms with Crippen molar-refractivity contribution in [3.8, 4) is 0 Å². The molecule has 0 aliphatic carbocycles. The third-order valence-corrected chi connectivity index (χ3v) is 6.63. The fourth-order valence-electron chi connectivity index (χ4n) is 4.96. The number of rotatable bonds is 4. The first kappa shape index (κ1) is 18.0. The van der Waals surface area contributed by atoms with E-state index >= 15 is 0 Å². The summed E-state index contributed by atoms with van der Waals surface area (Å²) in [5.41, 5.74) is 0.726. The van der Waals surface area contributed by atoms with E-state index in [0.717, 1.165) is 31.2 Å². The van der Waals surface area contributed by atoms with E-state index in [1.165, 1.54) is 12.8 Å². The lowest BCUT2D eigenvalue weighted by molar-refractivity contribution is -0.133. The quantitative estimate of drug-likeness (QED) is 0.818. The number of ketones is 1. The van der Waals surface area contributed by atoms with Crippen molar-refractivity contribution in [2.45, 2.75) is 57.0 Å². The van der Waals surface area contributed by atoms with Crippen LogP contribution >= 0.6 is 11.6 Å². The van der Waals surface area contributed by atoms with Crippen LogP contribution in [-0.4, -0.2) is 41.8 Å². The van der Waals surface area contributed by atoms with E-state index in [4.69, 9.17) is 11.6 Å². The minimum atomic E-state index is 0.0231. The van der Waals surface area contributed by atoms with E-state index in [1.807, 2.05) is 4.90 Å². The molecule has 0 radical (unpaired) electrons. The highest BCUT2D eigenvalue weighted by molar-refractivity contribution is 6.30. The Labute approximate surface area is 160 Å². The Morgan fingerprint density at radius 3 is 2.23 bits per heavy atom. The van der Waals surface area contributed by atoms with Gasteiger partial charge in [0.25, 0.3) is 0 Å². The fourth-order valence-corrected chi connectivity index (χ4v) is 5.08. The molecule has 2 unspecified atom stereocenters. The van der Waals surface area contributed by atoms with Gasteiger partial charge in [-0.15, -0.1) is 0 Å². The van der Waals surface area contributed by atoms with Crippen LogP contribution in [-0.2, 0) is 4.79 Å². The molecule has 3 saturated heterocycles. The number of likely N-dealkylation sites (tertiary alicyclic amines) is 1. The first-order chi connectivity index (χ1) is 12.6. The first-order valence-corrected chi connectivity index (χ1v) is 10.3. The molecule has 1 amide bonds. The number of carbonyl (C=O) groups is 2. The van der Waals surface area contributed by atoms with E-state index in [0.29, 0.717) is 42.5 Å². The molecular formula is C21H27ClN2O2. The van der Waals surface area contributed by atoms with Gasteiger partial charge in [0.1, 0.15) is 0 Å². The van der Waals surface area contributed by atoms with Gasteiger partial charge in [-0.2, -0.15) is 0 Å². The van der Waals surface area contributed by atoms with Gasteiger partial charge in [-0.25, -0.2) is 0 Å². The summed E-state index contributed by atoms with van der Waals surface area (Å²) in [6.45, 7) is 1.42. The second kappa shape index (κ2) is 7.69. The number of carbonyl (C=O) groups excluding carboxylic acids is 2. The van der Waals surface area contributed by atoms with Crippen LogP contribution in [0.5, 0.6) is 0 Å². The maximum absolute atomic E-state index is 12.7. The predicted molar refractivity (Wildman–Crippen MR) is 102 cm³/mol. The molecule has 3 heterocycles. The van der Waals surface area contributed by atoms with Gasteiger partial charge in [0.05, 0.1) is 0 Å². The topological polar surface area (TPSA) is 49.4 Å². The van der Waals surface area contributed by atoms with Crippen molar-refractivity contribution >= 4 is 23.3 Å². The number of benzene rings is 1. The third-order valence-electron chi connectivity index (χ3n) is 6.38. The first-order valence-electron chi connectivity index (χ1n) is 9.92. The zero-order valence-electron chi connectivity index (χ0n) is 15.1. The molecule has 26 heavy (non-hydrogen) atoms. The predicted octanol–water partition coefficient (Wildman–Crippen LogP) is 3.68. The molecule has 140 valence electrons. The zero-order valence-corrected chi connectivity index (χ0v) is 15.9. The Balaban J connectivity index is 1.27. The molecule has 2 atom stereocenters. The summed E-state index contributed by atoms with van der Waals surface area (Å²) in [5, 5.41) is 4.29. The molecule has 0 saturated carbocycles. The maximum atomic E-state index is 12.7. The van der Waals surface area contributed by atoms with E-state index < -0.39 is 0 Å². The normalized spacial score (nSPS) is 29.0. The summed E-state index contributed by atoms with van der Waals surface area (Å²) in [6, 6.07) is 8.39. The second-order valence-electron chi connectivity index (χ2n) is 8.21. The lowest BCUT2D eigenvalue weighted by Gasteiger charge is -2.34. The van der Waals surface area contributed by atoms with Gasteiger partial charge in [0.15, 0.2) is 5.78 Å². The number of nitrogens with zero attached hydrogens (tertiary/aromatic N) is 1. The maximum Gasteiger partial charge on any atom is 0.222 e. The van der Waals surface area contributed by atoms with Crippen molar-refractivity contribution in [2.24, 2.45) is 11.8 Å². The highest BCUT2D eigenvalue weighted by Gasteiger charge is 2.35. The summed E-state index contributed by atoms with van der Waals surface area (Å²) >= 11 is 5.90. The van der Waals surface area contributed by atoms with Crippen LogP contribution in [0.15, 0.2) is 24.3 Å². The molecule has 3 aliphatic heterocycles. The van der Waals surface area contributed by atoms with Crippen LogP contribution in [0.2, 0.25) is 5.02 Å². The van der Waals surface area contributed by atoms with Gasteiger partial charge in [-0.3, -0.25) is 9.59 Å². The van der Waals surface area contributed by atoms with Crippen LogP contribution in [0.3, 0.4) is 0 Å². The van der Waals surface area contributed by atoms with Gasteiger partial charge in [0, 0.05) is 48.1 Å². The smallest absolute Gasteiger partial charge is 0.222 e. The molecule has 1 aromatic rings. The summed E-state index contributed by atoms with van der Waals surface area (Å²) < 4.78 is 0. The Bertz CT molecular complexity index is 655. The monoisotopic (exact) mass is 374 g/mol. The van der Waals surface area contributed by atoms with Crippen LogP contribution in [0.4, 0.5) is 0 Å². The van der Waals surface area contributed by atoms with Crippen molar-refractivity contribution in [1.29, 1.82) is 0 Å². The molecule has 2 bridgehead atoms. The highest BCUT2D eigenvalue weighted by atomic mass is 35.5. The van der Waals surface area contributed by atoms with Crippen molar-refractivity contribution in [2.75, 3.05) is 13.1 Å². The molecule has 0 aromatic heterocycles. The number of Topliss-reactive ketones (excluding diaryl/α,β-unsaturated/α-hetero) is 1. The minimum Gasteiger partial charge on any atom is -0.343 e. The SMILES string of the molecule is O=C(c1ccc(Cl)cc1)C1CCN(C(=O)CC2CC3CCC(C2)N3)CC1. The summed E-state index contributed by atoms with van der Waals surface area (Å²) in [7, 11) is 0. The van der Waals surface area contributed by atoms with Crippen molar-refractivity contribution in [3.05, 3.63) is 34.9 Å². The van der Waals surface area contributed by atoms with Gasteiger partial charge >= 0.3 is 0 Å². The van der Waals surface area contributed by atoms with Gasteiger partial charge in [0.2, 0.25) is 5.91 Å². The number of nitrogens with one attached hydrogen (secondary N) is 1. The average Bonchev–Trinajstić information content (AvgIpc) is 3.00. The Morgan fingerprint density at radius 2 is 1.62 bits per heavy atom. The van der Waals surface area contributed by atoms with Crippen LogP contribution in [0, 0.1) is 11.8 Å². The van der Waals surface area contributed by atoms with E-state index in [-0.39, 0.29) is 17.6 Å². The zero-order chi connectivity index (χ0) is 18.1. The van der Waals surface area contributed by atoms with Gasteiger partial charge in [-0.1, -0.05) is 11.6 Å². The highest BCUT2D eigenvalue weighted by Crippen LogP contribution is 2.33. The number of hydrogen-bond donors (Lipinski definition) is 1. The fraction of sp³-hybridized carbons (Fsp3) is 0.619. The molecule has 1 aromatic carbocycles. The molecular weight excluding hydrogens is 348 g/mol. The number of halogens is 1. The minimum absolute atomic E-state index is 0.0231. The second-order valence-corrected chi connectivity index (χ2v) is 8.64. The van der Waals surface area contributed by atoms with Gasteiger partial charge in [-0.05, 0) is 68.7 Å². The standard InChI is InChI=1S/C21H27ClN2O2/c22-17-3-1-15(2-4-17)21(26)16-7-9-24(10-8-16)20(25)13-14-11-18-5-6-19(12-14)23-18/h1-4,14,16,18-19,23H,5-13H2. The lowest BCUT2D eigenvalue weighted by Crippen LogP contribution is -2.43. The summed E-state index contributed by atoms with van der Waals surface area (Å²) in [4.78, 5) is 27.3. The Hall–Kier alpha value is -1.39. The average molecular weight is 375 g/mol. The lowest BCUT2D eigenvalue weighted by atomic mass is 9.87. The van der Waals surface area contributed by atoms with E-state index in [1.54, 1.807) is 24.3 Å². The van der Waals surface area contributed by atoms with Crippen LogP contribution in [0.25, 0.3) is 0 Å². The molecule has 4 rings (SSSR count). The number of piperidine rings is 2. The molecule has 0 spiro atoms. The van der Waals surface area contributed by atoms with Crippen molar-refractivity contribution in [1.82, 2.24) is 10.2 Å². The third kappa shape index (κ3) is 3.96. The number of hydrogen-bond acceptors (Lipinski definition) is 3. The molecule has 4 nitrogen and oxygen atoms in total. The number of amides is 1. The van der Waals surface area contributed by atoms with E-state index in [2.05, 4.69) is 5.32 Å². The molecule has 1 N–H and O–H groups in total. The molecule has 3 fully saturated rings. The van der Waals surface area contributed by atoms with Crippen LogP contribution in [0.1, 0.15) is 55.3 Å². The molecule has 3 aliphatic rings. The Morgan fingerprint density at radius 1 is 1.00 bits per heavy atom. The van der Waals surface area contributed by atoms with Crippen molar-refractivity contribution < 1.29 is 9.59 Å². The summed E-state index contributed by atoms with van der Waals surface area (Å²) in [5.74, 6) is 1.03. The Kier molecular flexibility index (Phi) is 5.32. The molecule has 5 heteroatoms. The number of fused-ring (bicyclic) bond motifs is 2. The van der Waals surface area contributed by atoms with Crippen molar-refractivity contribution in [3.63, 3.8) is 0 Å². The largest absolute Gasteiger partial charge is 0.343 e. The van der Waals surface area contributed by atoms with Gasteiger partial charge < -0.3 is 10.2 Å². The van der Waals surface area contributed by atoms with E-state index in [9.17, 15) is 9.59 Å².